The van der Waals surface area contributed by atoms with E-state index in [4.69, 9.17) is 11.6 Å². The average molecular weight is 365 g/mol. The molecule has 9 heavy (non-hydrogen) atoms. The minimum atomic E-state index is 0.719. The smallest absolute Gasteiger partial charge is 0.102 e. The van der Waals surface area contributed by atoms with Gasteiger partial charge in [0.05, 0.1) is 5.02 Å². The summed E-state index contributed by atoms with van der Waals surface area (Å²) in [6.45, 7) is 0. The van der Waals surface area contributed by atoms with Crippen molar-refractivity contribution in [1.82, 2.24) is 4.98 Å². The molecule has 0 atom stereocenters. The van der Waals surface area contributed by atoms with Crippen molar-refractivity contribution >= 4 is 56.8 Å². The molecule has 0 saturated heterocycles. The zero-order chi connectivity index (χ0) is 6.85. The Bertz CT molecular complexity index is 226. The highest BCUT2D eigenvalue weighted by Gasteiger charge is 1.95. The molecule has 0 aliphatic rings. The molecule has 1 rings (SSSR count). The average Bonchev–Trinajstić information content (AvgIpc) is 1.80. The molecule has 1 heterocycles. The van der Waals surface area contributed by atoms with Crippen LogP contribution in [0.4, 0.5) is 0 Å². The second-order valence-electron chi connectivity index (χ2n) is 1.42. The third-order valence-electron chi connectivity index (χ3n) is 0.775. The first-order valence-corrected chi connectivity index (χ1v) is 4.70. The van der Waals surface area contributed by atoms with Crippen LogP contribution in [0, 0.1) is 7.27 Å². The van der Waals surface area contributed by atoms with Crippen LogP contribution < -0.4 is 0 Å². The summed E-state index contributed by atoms with van der Waals surface area (Å²) in [5, 5.41) is 0.719. The lowest BCUT2D eigenvalue weighted by Crippen LogP contribution is -1.81. The third-order valence-corrected chi connectivity index (χ3v) is 2.88. The molecular weight excluding hydrogens is 363 g/mol. The fourth-order valence-corrected chi connectivity index (χ4v) is 1.97. The predicted octanol–water partition coefficient (Wildman–Crippen LogP) is 2.94. The Labute approximate surface area is 85.5 Å². The van der Waals surface area contributed by atoms with Crippen LogP contribution in [-0.4, -0.2) is 4.98 Å². The van der Waals surface area contributed by atoms with Crippen LogP contribution in [0.3, 0.4) is 0 Å². The van der Waals surface area contributed by atoms with Crippen LogP contribution in [0.5, 0.6) is 0 Å². The molecule has 0 aliphatic heterocycles. The summed E-state index contributed by atoms with van der Waals surface area (Å²) in [6, 6.07) is 1.93. The summed E-state index contributed by atoms with van der Waals surface area (Å²) >= 11 is 10.0. The summed E-state index contributed by atoms with van der Waals surface area (Å²) in [4.78, 5) is 3.99. The molecule has 0 aromatic carbocycles. The van der Waals surface area contributed by atoms with Gasteiger partial charge in [0.1, 0.15) is 3.70 Å². The molecule has 0 radical (unpaired) electrons. The molecule has 1 nitrogen and oxygen atoms in total. The molecule has 0 amide bonds. The van der Waals surface area contributed by atoms with E-state index in [1.54, 1.807) is 6.20 Å². The second-order valence-corrected chi connectivity index (χ2v) is 4.10. The minimum absolute atomic E-state index is 0.719. The van der Waals surface area contributed by atoms with Gasteiger partial charge < -0.3 is 0 Å². The van der Waals surface area contributed by atoms with Crippen molar-refractivity contribution in [2.75, 3.05) is 0 Å². The van der Waals surface area contributed by atoms with Crippen molar-refractivity contribution < 1.29 is 0 Å². The van der Waals surface area contributed by atoms with E-state index in [2.05, 4.69) is 50.2 Å². The van der Waals surface area contributed by atoms with E-state index in [1.807, 2.05) is 6.07 Å². The molecule has 0 bridgehead atoms. The monoisotopic (exact) mass is 365 g/mol. The fraction of sp³-hybridized carbons (Fsp3) is 0. The van der Waals surface area contributed by atoms with Gasteiger partial charge in [-0.2, -0.15) is 0 Å². The molecule has 0 N–H and O–H groups in total. The van der Waals surface area contributed by atoms with Crippen molar-refractivity contribution in [3.05, 3.63) is 24.6 Å². The quantitative estimate of drug-likeness (QED) is 0.509. The zero-order valence-corrected chi connectivity index (χ0v) is 9.31. The van der Waals surface area contributed by atoms with Gasteiger partial charge in [0, 0.05) is 9.77 Å². The molecule has 1 aromatic rings. The van der Waals surface area contributed by atoms with Crippen LogP contribution in [-0.2, 0) is 0 Å². The van der Waals surface area contributed by atoms with Gasteiger partial charge in [0.25, 0.3) is 0 Å². The minimum Gasteiger partial charge on any atom is -0.249 e. The van der Waals surface area contributed by atoms with E-state index in [-0.39, 0.29) is 0 Å². The summed E-state index contributed by atoms with van der Waals surface area (Å²) in [5.74, 6) is 0. The van der Waals surface area contributed by atoms with Crippen LogP contribution in [0.1, 0.15) is 0 Å². The Kier molecular flexibility index (Phi) is 2.97. The Morgan fingerprint density at radius 1 is 1.44 bits per heavy atom. The van der Waals surface area contributed by atoms with Crippen LogP contribution in [0.15, 0.2) is 12.3 Å². The topological polar surface area (TPSA) is 12.9 Å². The van der Waals surface area contributed by atoms with Gasteiger partial charge in [-0.25, -0.2) is 4.98 Å². The standard InChI is InChI=1S/C5H2ClI2N/c6-3-2-9-5(8)1-4(3)7/h1-2H. The normalized spacial score (nSPS) is 9.67. The van der Waals surface area contributed by atoms with E-state index in [9.17, 15) is 0 Å². The number of hydrogen-bond acceptors (Lipinski definition) is 1. The number of hydrogen-bond donors (Lipinski definition) is 0. The van der Waals surface area contributed by atoms with Crippen LogP contribution >= 0.6 is 56.8 Å². The zero-order valence-electron chi connectivity index (χ0n) is 4.24. The number of rotatable bonds is 0. The largest absolute Gasteiger partial charge is 0.249 e. The van der Waals surface area contributed by atoms with Gasteiger partial charge in [-0.15, -0.1) is 0 Å². The first-order chi connectivity index (χ1) is 4.20. The number of aromatic nitrogens is 1. The summed E-state index contributed by atoms with van der Waals surface area (Å²) in [6.07, 6.45) is 1.66. The second kappa shape index (κ2) is 3.34. The van der Waals surface area contributed by atoms with Gasteiger partial charge in [-0.3, -0.25) is 0 Å². The van der Waals surface area contributed by atoms with E-state index < -0.39 is 0 Å². The van der Waals surface area contributed by atoms with Gasteiger partial charge in [0.2, 0.25) is 0 Å². The SMILES string of the molecule is Clc1cnc(I)cc1I. The molecular formula is C5H2ClI2N. The maximum atomic E-state index is 5.71. The molecule has 0 fully saturated rings. The highest BCUT2D eigenvalue weighted by molar-refractivity contribution is 14.1. The van der Waals surface area contributed by atoms with Crippen LogP contribution in [0.25, 0.3) is 0 Å². The van der Waals surface area contributed by atoms with E-state index in [0.29, 0.717) is 0 Å². The molecule has 0 unspecified atom stereocenters. The summed E-state index contributed by atoms with van der Waals surface area (Å²) in [7, 11) is 0. The Morgan fingerprint density at radius 3 is 2.56 bits per heavy atom. The molecule has 0 saturated carbocycles. The predicted molar refractivity (Wildman–Crippen MR) is 54.7 cm³/mol. The molecule has 0 spiro atoms. The highest BCUT2D eigenvalue weighted by Crippen LogP contribution is 2.17. The van der Waals surface area contributed by atoms with Crippen molar-refractivity contribution in [3.8, 4) is 0 Å². The lowest BCUT2D eigenvalue weighted by atomic mass is 10.5. The highest BCUT2D eigenvalue weighted by atomic mass is 127. The fourth-order valence-electron chi connectivity index (χ4n) is 0.391. The number of halogens is 3. The van der Waals surface area contributed by atoms with E-state index >= 15 is 0 Å². The maximum absolute atomic E-state index is 5.71. The van der Waals surface area contributed by atoms with Crippen molar-refractivity contribution in [2.45, 2.75) is 0 Å². The number of nitrogens with zero attached hydrogens (tertiary/aromatic N) is 1. The lowest BCUT2D eigenvalue weighted by molar-refractivity contribution is 1.26. The Morgan fingerprint density at radius 2 is 2.11 bits per heavy atom. The van der Waals surface area contributed by atoms with Crippen molar-refractivity contribution in [2.24, 2.45) is 0 Å². The van der Waals surface area contributed by atoms with Gasteiger partial charge in [0.15, 0.2) is 0 Å². The van der Waals surface area contributed by atoms with Crippen LogP contribution in [0.2, 0.25) is 5.02 Å². The Hall–Kier alpha value is 0.900. The third kappa shape index (κ3) is 2.19. The summed E-state index contributed by atoms with van der Waals surface area (Å²) < 4.78 is 2.02. The maximum Gasteiger partial charge on any atom is 0.102 e. The Balaban J connectivity index is 3.17. The van der Waals surface area contributed by atoms with Gasteiger partial charge >= 0.3 is 0 Å². The van der Waals surface area contributed by atoms with Crippen molar-refractivity contribution in [1.29, 1.82) is 0 Å². The first-order valence-electron chi connectivity index (χ1n) is 2.16. The van der Waals surface area contributed by atoms with Gasteiger partial charge in [-0.05, 0) is 51.2 Å². The van der Waals surface area contributed by atoms with E-state index in [0.717, 1.165) is 12.3 Å². The number of pyridine rings is 1. The summed E-state index contributed by atoms with van der Waals surface area (Å²) in [5.41, 5.74) is 0. The first kappa shape index (κ1) is 8.00. The van der Waals surface area contributed by atoms with Crippen molar-refractivity contribution in [3.63, 3.8) is 0 Å². The lowest BCUT2D eigenvalue weighted by Gasteiger charge is -1.92. The molecule has 1 aromatic heterocycles. The van der Waals surface area contributed by atoms with Gasteiger partial charge in [-0.1, -0.05) is 11.6 Å². The molecule has 48 valence electrons. The molecule has 0 aliphatic carbocycles. The van der Waals surface area contributed by atoms with E-state index in [1.165, 1.54) is 0 Å². The molecule has 4 heteroatoms.